The van der Waals surface area contributed by atoms with Gasteiger partial charge in [0.05, 0.1) is 4.90 Å². The number of sulfonamides is 1. The van der Waals surface area contributed by atoms with Gasteiger partial charge in [-0.15, -0.1) is 0 Å². The van der Waals surface area contributed by atoms with Crippen LogP contribution in [0.4, 0.5) is 5.69 Å². The lowest BCUT2D eigenvalue weighted by molar-refractivity contribution is 0.407. The standard InChI is InChI=1S/C12H20N2O2S/c1-9-5-6-10(7-11(9)13)17(15,16)14-8-12(2,3)4/h5-7,14H,8,13H2,1-4H3. The summed E-state index contributed by atoms with van der Waals surface area (Å²) in [6, 6.07) is 4.76. The molecule has 0 unspecified atom stereocenters. The molecule has 0 amide bonds. The van der Waals surface area contributed by atoms with Crippen LogP contribution in [0.3, 0.4) is 0 Å². The number of hydrogen-bond acceptors (Lipinski definition) is 3. The Morgan fingerprint density at radius 3 is 2.35 bits per heavy atom. The molecule has 4 nitrogen and oxygen atoms in total. The van der Waals surface area contributed by atoms with Gasteiger partial charge in [0.2, 0.25) is 10.0 Å². The summed E-state index contributed by atoms with van der Waals surface area (Å²) in [4.78, 5) is 0.213. The van der Waals surface area contributed by atoms with E-state index in [-0.39, 0.29) is 10.3 Å². The summed E-state index contributed by atoms with van der Waals surface area (Å²) in [5.74, 6) is 0. The summed E-state index contributed by atoms with van der Waals surface area (Å²) in [6.45, 7) is 8.15. The zero-order valence-electron chi connectivity index (χ0n) is 10.7. The number of nitrogen functional groups attached to an aromatic ring is 1. The third-order valence-corrected chi connectivity index (χ3v) is 3.75. The smallest absolute Gasteiger partial charge is 0.240 e. The normalized spacial score (nSPS) is 12.7. The zero-order valence-corrected chi connectivity index (χ0v) is 11.6. The van der Waals surface area contributed by atoms with Crippen LogP contribution in [0.25, 0.3) is 0 Å². The highest BCUT2D eigenvalue weighted by molar-refractivity contribution is 7.89. The van der Waals surface area contributed by atoms with Gasteiger partial charge < -0.3 is 5.73 Å². The van der Waals surface area contributed by atoms with Crippen molar-refractivity contribution in [3.63, 3.8) is 0 Å². The molecule has 0 saturated carbocycles. The van der Waals surface area contributed by atoms with Gasteiger partial charge in [-0.2, -0.15) is 0 Å². The maximum atomic E-state index is 12.0. The Morgan fingerprint density at radius 1 is 1.29 bits per heavy atom. The molecular weight excluding hydrogens is 236 g/mol. The predicted octanol–water partition coefficient (Wildman–Crippen LogP) is 1.90. The van der Waals surface area contributed by atoms with Crippen molar-refractivity contribution < 1.29 is 8.42 Å². The SMILES string of the molecule is Cc1ccc(S(=O)(=O)NCC(C)(C)C)cc1N. The van der Waals surface area contributed by atoms with Crippen LogP contribution < -0.4 is 10.5 Å². The van der Waals surface area contributed by atoms with E-state index in [9.17, 15) is 8.42 Å². The molecule has 0 heterocycles. The number of nitrogens with two attached hydrogens (primary N) is 1. The fourth-order valence-electron chi connectivity index (χ4n) is 1.18. The summed E-state index contributed by atoms with van der Waals surface area (Å²) in [6.07, 6.45) is 0. The Morgan fingerprint density at radius 2 is 1.88 bits per heavy atom. The lowest BCUT2D eigenvalue weighted by Crippen LogP contribution is -2.32. The van der Waals surface area contributed by atoms with Crippen molar-refractivity contribution in [3.8, 4) is 0 Å². The number of anilines is 1. The lowest BCUT2D eigenvalue weighted by Gasteiger charge is -2.18. The highest BCUT2D eigenvalue weighted by Crippen LogP contribution is 2.18. The molecule has 17 heavy (non-hydrogen) atoms. The Labute approximate surface area is 103 Å². The number of hydrogen-bond donors (Lipinski definition) is 2. The van der Waals surface area contributed by atoms with Gasteiger partial charge in [0, 0.05) is 12.2 Å². The average Bonchev–Trinajstić information content (AvgIpc) is 2.18. The Hall–Kier alpha value is -1.07. The van der Waals surface area contributed by atoms with Crippen molar-refractivity contribution in [2.45, 2.75) is 32.6 Å². The van der Waals surface area contributed by atoms with E-state index in [0.717, 1.165) is 5.56 Å². The van der Waals surface area contributed by atoms with E-state index < -0.39 is 10.0 Å². The maximum absolute atomic E-state index is 12.0. The van der Waals surface area contributed by atoms with E-state index in [1.165, 1.54) is 6.07 Å². The second kappa shape index (κ2) is 4.66. The largest absolute Gasteiger partial charge is 0.398 e. The first-order valence-corrected chi connectivity index (χ1v) is 6.96. The monoisotopic (exact) mass is 256 g/mol. The summed E-state index contributed by atoms with van der Waals surface area (Å²) in [5.41, 5.74) is 6.98. The molecule has 5 heteroatoms. The van der Waals surface area contributed by atoms with Gasteiger partial charge in [0.15, 0.2) is 0 Å². The molecule has 0 aliphatic carbocycles. The first-order chi connectivity index (χ1) is 7.62. The zero-order chi connectivity index (χ0) is 13.3. The Bertz CT molecular complexity index is 502. The minimum absolute atomic E-state index is 0.0939. The molecule has 3 N–H and O–H groups in total. The second-order valence-corrected chi connectivity index (χ2v) is 7.17. The van der Waals surface area contributed by atoms with Crippen LogP contribution in [0.2, 0.25) is 0 Å². The van der Waals surface area contributed by atoms with E-state index in [4.69, 9.17) is 5.73 Å². The molecule has 0 aliphatic heterocycles. The highest BCUT2D eigenvalue weighted by Gasteiger charge is 2.18. The average molecular weight is 256 g/mol. The summed E-state index contributed by atoms with van der Waals surface area (Å²) in [7, 11) is -3.46. The molecule has 0 aromatic heterocycles. The molecule has 1 rings (SSSR count). The molecule has 1 aromatic carbocycles. The van der Waals surface area contributed by atoms with E-state index in [0.29, 0.717) is 12.2 Å². The van der Waals surface area contributed by atoms with Gasteiger partial charge in [-0.1, -0.05) is 26.8 Å². The van der Waals surface area contributed by atoms with Crippen molar-refractivity contribution in [3.05, 3.63) is 23.8 Å². The fourth-order valence-corrected chi connectivity index (χ4v) is 2.50. The number of rotatable bonds is 3. The van der Waals surface area contributed by atoms with Gasteiger partial charge in [-0.3, -0.25) is 0 Å². The van der Waals surface area contributed by atoms with E-state index in [1.807, 2.05) is 27.7 Å². The van der Waals surface area contributed by atoms with Crippen molar-refractivity contribution >= 4 is 15.7 Å². The molecule has 0 radical (unpaired) electrons. The summed E-state index contributed by atoms with van der Waals surface area (Å²) >= 11 is 0. The molecule has 0 bridgehead atoms. The van der Waals surface area contributed by atoms with Gasteiger partial charge in [-0.25, -0.2) is 13.1 Å². The van der Waals surface area contributed by atoms with Crippen molar-refractivity contribution in [2.75, 3.05) is 12.3 Å². The first-order valence-electron chi connectivity index (χ1n) is 5.48. The predicted molar refractivity (Wildman–Crippen MR) is 70.2 cm³/mol. The number of nitrogens with one attached hydrogen (secondary N) is 1. The van der Waals surface area contributed by atoms with Crippen molar-refractivity contribution in [2.24, 2.45) is 5.41 Å². The van der Waals surface area contributed by atoms with E-state index in [2.05, 4.69) is 4.72 Å². The lowest BCUT2D eigenvalue weighted by atomic mass is 9.98. The molecule has 0 atom stereocenters. The molecular formula is C12H20N2O2S. The van der Waals surface area contributed by atoms with Gasteiger partial charge in [0.25, 0.3) is 0 Å². The third-order valence-electron chi connectivity index (χ3n) is 2.35. The van der Waals surface area contributed by atoms with Crippen LogP contribution >= 0.6 is 0 Å². The molecule has 1 aromatic rings. The molecule has 96 valence electrons. The second-order valence-electron chi connectivity index (χ2n) is 5.40. The van der Waals surface area contributed by atoms with Crippen LogP contribution in [-0.4, -0.2) is 15.0 Å². The number of aryl methyl sites for hydroxylation is 1. The number of benzene rings is 1. The molecule has 0 fully saturated rings. The maximum Gasteiger partial charge on any atom is 0.240 e. The van der Waals surface area contributed by atoms with Crippen LogP contribution in [0.15, 0.2) is 23.1 Å². The van der Waals surface area contributed by atoms with Crippen LogP contribution in [0, 0.1) is 12.3 Å². The topological polar surface area (TPSA) is 72.2 Å². The summed E-state index contributed by atoms with van der Waals surface area (Å²) in [5, 5.41) is 0. The van der Waals surface area contributed by atoms with Gasteiger partial charge >= 0.3 is 0 Å². The Balaban J connectivity index is 2.94. The highest BCUT2D eigenvalue weighted by atomic mass is 32.2. The van der Waals surface area contributed by atoms with Crippen molar-refractivity contribution in [1.82, 2.24) is 4.72 Å². The third kappa shape index (κ3) is 4.02. The molecule has 0 spiro atoms. The van der Waals surface area contributed by atoms with Crippen LogP contribution in [-0.2, 0) is 10.0 Å². The minimum Gasteiger partial charge on any atom is -0.398 e. The van der Waals surface area contributed by atoms with Crippen LogP contribution in [0.1, 0.15) is 26.3 Å². The molecule has 0 aliphatic rings. The quantitative estimate of drug-likeness (QED) is 0.811. The van der Waals surface area contributed by atoms with Gasteiger partial charge in [-0.05, 0) is 30.0 Å². The first kappa shape index (κ1) is 14.0. The van der Waals surface area contributed by atoms with Crippen LogP contribution in [0.5, 0.6) is 0 Å². The van der Waals surface area contributed by atoms with E-state index in [1.54, 1.807) is 12.1 Å². The fraction of sp³-hybridized carbons (Fsp3) is 0.500. The van der Waals surface area contributed by atoms with Crippen molar-refractivity contribution in [1.29, 1.82) is 0 Å². The van der Waals surface area contributed by atoms with E-state index >= 15 is 0 Å². The van der Waals surface area contributed by atoms with Gasteiger partial charge in [0.1, 0.15) is 0 Å². The molecule has 0 saturated heterocycles. The summed E-state index contributed by atoms with van der Waals surface area (Å²) < 4.78 is 26.5. The minimum atomic E-state index is -3.46. The Kier molecular flexibility index (Phi) is 3.84.